The van der Waals surface area contributed by atoms with Gasteiger partial charge in [-0.15, -0.1) is 0 Å². The van der Waals surface area contributed by atoms with Crippen LogP contribution in [-0.2, 0) is 0 Å². The van der Waals surface area contributed by atoms with Crippen molar-refractivity contribution in [3.05, 3.63) is 48.0 Å². The number of rotatable bonds is 3. The molecule has 0 radical (unpaired) electrons. The number of nitrogens with zero attached hydrogens (tertiary/aromatic N) is 4. The summed E-state index contributed by atoms with van der Waals surface area (Å²) in [6, 6.07) is 5.55. The molecule has 22 heavy (non-hydrogen) atoms. The molecule has 0 saturated carbocycles. The van der Waals surface area contributed by atoms with E-state index in [0.717, 1.165) is 11.0 Å². The lowest BCUT2D eigenvalue weighted by Gasteiger charge is -2.09. The fourth-order valence-electron chi connectivity index (χ4n) is 2.31. The van der Waals surface area contributed by atoms with Gasteiger partial charge in [-0.05, 0) is 39.0 Å². The second kappa shape index (κ2) is 5.55. The maximum Gasteiger partial charge on any atom is 0.257 e. The van der Waals surface area contributed by atoms with E-state index < -0.39 is 0 Å². The molecule has 0 bridgehead atoms. The zero-order chi connectivity index (χ0) is 15.7. The Labute approximate surface area is 128 Å². The van der Waals surface area contributed by atoms with Crippen LogP contribution in [0.5, 0.6) is 0 Å². The van der Waals surface area contributed by atoms with Gasteiger partial charge in [-0.1, -0.05) is 0 Å². The van der Waals surface area contributed by atoms with E-state index in [4.69, 9.17) is 0 Å². The summed E-state index contributed by atoms with van der Waals surface area (Å²) in [7, 11) is 0. The summed E-state index contributed by atoms with van der Waals surface area (Å²) in [4.78, 5) is 20.9. The Morgan fingerprint density at radius 2 is 2.00 bits per heavy atom. The summed E-state index contributed by atoms with van der Waals surface area (Å²) >= 11 is 0. The molecule has 0 saturated heterocycles. The van der Waals surface area contributed by atoms with Crippen LogP contribution >= 0.6 is 0 Å². The van der Waals surface area contributed by atoms with Gasteiger partial charge >= 0.3 is 0 Å². The molecule has 6 heteroatoms. The lowest BCUT2D eigenvalue weighted by atomic mass is 10.1. The highest BCUT2D eigenvalue weighted by Gasteiger charge is 2.15. The summed E-state index contributed by atoms with van der Waals surface area (Å²) in [5.41, 5.74) is 2.74. The van der Waals surface area contributed by atoms with Crippen LogP contribution in [0.2, 0.25) is 0 Å². The van der Waals surface area contributed by atoms with Gasteiger partial charge in [-0.2, -0.15) is 5.10 Å². The van der Waals surface area contributed by atoms with Crippen LogP contribution in [0.25, 0.3) is 11.0 Å². The average molecular weight is 295 g/mol. The molecular weight excluding hydrogens is 278 g/mol. The molecule has 1 N–H and O–H groups in total. The average Bonchev–Trinajstić information content (AvgIpc) is 2.90. The van der Waals surface area contributed by atoms with Gasteiger partial charge in [0.25, 0.3) is 5.91 Å². The molecule has 3 aromatic heterocycles. The smallest absolute Gasteiger partial charge is 0.257 e. The number of amides is 1. The minimum atomic E-state index is -0.185. The van der Waals surface area contributed by atoms with Crippen molar-refractivity contribution in [2.45, 2.75) is 26.8 Å². The Hall–Kier alpha value is -2.76. The minimum absolute atomic E-state index is 0.185. The van der Waals surface area contributed by atoms with Crippen LogP contribution in [0.3, 0.4) is 0 Å². The van der Waals surface area contributed by atoms with Crippen LogP contribution in [0.15, 0.2) is 36.8 Å². The summed E-state index contributed by atoms with van der Waals surface area (Å²) in [6.45, 7) is 5.93. The van der Waals surface area contributed by atoms with Gasteiger partial charge in [0, 0.05) is 29.5 Å². The predicted molar refractivity (Wildman–Crippen MR) is 84.8 cm³/mol. The second-order valence-electron chi connectivity index (χ2n) is 5.41. The number of pyridine rings is 2. The number of fused-ring (bicyclic) bond motifs is 1. The van der Waals surface area contributed by atoms with E-state index in [1.165, 1.54) is 0 Å². The maximum atomic E-state index is 12.4. The topological polar surface area (TPSA) is 72.7 Å². The zero-order valence-corrected chi connectivity index (χ0v) is 12.7. The number of nitrogens with one attached hydrogen (secondary N) is 1. The third-order valence-electron chi connectivity index (χ3n) is 3.43. The van der Waals surface area contributed by atoms with Crippen LogP contribution in [0, 0.1) is 6.92 Å². The molecule has 3 aromatic rings. The van der Waals surface area contributed by atoms with Gasteiger partial charge < -0.3 is 5.32 Å². The van der Waals surface area contributed by atoms with E-state index in [-0.39, 0.29) is 11.9 Å². The van der Waals surface area contributed by atoms with E-state index in [1.807, 2.05) is 31.5 Å². The first-order valence-electron chi connectivity index (χ1n) is 7.12. The monoisotopic (exact) mass is 295 g/mol. The first kappa shape index (κ1) is 14.2. The van der Waals surface area contributed by atoms with E-state index >= 15 is 0 Å². The van der Waals surface area contributed by atoms with Crippen molar-refractivity contribution < 1.29 is 4.79 Å². The quantitative estimate of drug-likeness (QED) is 0.806. The molecule has 6 nitrogen and oxygen atoms in total. The largest absolute Gasteiger partial charge is 0.322 e. The van der Waals surface area contributed by atoms with Crippen molar-refractivity contribution in [3.8, 4) is 0 Å². The highest BCUT2D eigenvalue weighted by Crippen LogP contribution is 2.20. The number of hydrogen-bond donors (Lipinski definition) is 1. The van der Waals surface area contributed by atoms with Gasteiger partial charge in [0.05, 0.1) is 17.5 Å². The molecule has 0 aliphatic heterocycles. The molecule has 0 fully saturated rings. The van der Waals surface area contributed by atoms with Crippen molar-refractivity contribution in [2.75, 3.05) is 5.32 Å². The first-order valence-corrected chi connectivity index (χ1v) is 7.12. The zero-order valence-electron chi connectivity index (χ0n) is 12.7. The third-order valence-corrected chi connectivity index (χ3v) is 3.43. The fourth-order valence-corrected chi connectivity index (χ4v) is 2.31. The van der Waals surface area contributed by atoms with E-state index in [2.05, 4.69) is 20.4 Å². The molecule has 112 valence electrons. The second-order valence-corrected chi connectivity index (χ2v) is 5.41. The van der Waals surface area contributed by atoms with E-state index in [1.54, 1.807) is 30.7 Å². The number of hydrogen-bond acceptors (Lipinski definition) is 4. The van der Waals surface area contributed by atoms with Crippen LogP contribution < -0.4 is 5.32 Å². The predicted octanol–water partition coefficient (Wildman–Crippen LogP) is 2.97. The Balaban J connectivity index is 1.97. The standard InChI is InChI=1S/C16H17N5O/c1-10(2)21-15-12(9-18-21)8-14(11(3)19-15)16(22)20-13-4-6-17-7-5-13/h4-10H,1-3H3,(H,17,20,22). The van der Waals surface area contributed by atoms with Crippen LogP contribution in [-0.4, -0.2) is 25.7 Å². The summed E-state index contributed by atoms with van der Waals surface area (Å²) in [6.07, 6.45) is 5.01. The molecule has 0 atom stereocenters. The highest BCUT2D eigenvalue weighted by atomic mass is 16.1. The Kier molecular flexibility index (Phi) is 3.58. The molecular formula is C16H17N5O. The first-order chi connectivity index (χ1) is 10.6. The summed E-state index contributed by atoms with van der Waals surface area (Å²) in [5.74, 6) is -0.185. The Bertz CT molecular complexity index is 823. The van der Waals surface area contributed by atoms with Crippen LogP contribution in [0.1, 0.15) is 35.9 Å². The van der Waals surface area contributed by atoms with Crippen molar-refractivity contribution >= 4 is 22.6 Å². The van der Waals surface area contributed by atoms with Crippen molar-refractivity contribution in [1.82, 2.24) is 19.7 Å². The van der Waals surface area contributed by atoms with E-state index in [9.17, 15) is 4.79 Å². The number of anilines is 1. The van der Waals surface area contributed by atoms with Crippen molar-refractivity contribution in [1.29, 1.82) is 0 Å². The minimum Gasteiger partial charge on any atom is -0.322 e. The number of carbonyl (C=O) groups is 1. The molecule has 1 amide bonds. The normalized spacial score (nSPS) is 11.1. The van der Waals surface area contributed by atoms with E-state index in [0.29, 0.717) is 16.9 Å². The van der Waals surface area contributed by atoms with Gasteiger partial charge in [0.2, 0.25) is 0 Å². The maximum absolute atomic E-state index is 12.4. The van der Waals surface area contributed by atoms with Gasteiger partial charge in [0.1, 0.15) is 0 Å². The summed E-state index contributed by atoms with van der Waals surface area (Å²) in [5, 5.41) is 8.04. The number of aromatic nitrogens is 4. The molecule has 0 aliphatic rings. The molecule has 0 spiro atoms. The molecule has 0 unspecified atom stereocenters. The summed E-state index contributed by atoms with van der Waals surface area (Å²) < 4.78 is 1.85. The number of aryl methyl sites for hydroxylation is 1. The molecule has 0 aromatic carbocycles. The number of carbonyl (C=O) groups excluding carboxylic acids is 1. The molecule has 3 rings (SSSR count). The SMILES string of the molecule is Cc1nc2c(cnn2C(C)C)cc1C(=O)Nc1ccncc1. The van der Waals surface area contributed by atoms with Gasteiger partial charge in [0.15, 0.2) is 5.65 Å². The lowest BCUT2D eigenvalue weighted by Crippen LogP contribution is -2.14. The van der Waals surface area contributed by atoms with Crippen molar-refractivity contribution in [3.63, 3.8) is 0 Å². The van der Waals surface area contributed by atoms with Crippen LogP contribution in [0.4, 0.5) is 5.69 Å². The third kappa shape index (κ3) is 2.55. The highest BCUT2D eigenvalue weighted by molar-refractivity contribution is 6.06. The Morgan fingerprint density at radius 1 is 1.27 bits per heavy atom. The molecule has 3 heterocycles. The molecule has 0 aliphatic carbocycles. The van der Waals surface area contributed by atoms with Crippen molar-refractivity contribution in [2.24, 2.45) is 0 Å². The Morgan fingerprint density at radius 3 is 2.68 bits per heavy atom. The van der Waals surface area contributed by atoms with Gasteiger partial charge in [-0.25, -0.2) is 9.67 Å². The lowest BCUT2D eigenvalue weighted by molar-refractivity contribution is 0.102. The van der Waals surface area contributed by atoms with Gasteiger partial charge in [-0.3, -0.25) is 9.78 Å². The fraction of sp³-hybridized carbons (Fsp3) is 0.250.